The Labute approximate surface area is 133 Å². The molecule has 1 aliphatic rings. The zero-order valence-corrected chi connectivity index (χ0v) is 13.8. The molecule has 2 aromatic rings. The first-order valence-corrected chi connectivity index (χ1v) is 9.00. The zero-order valence-electron chi connectivity index (χ0n) is 12.1. The molecule has 6 heteroatoms. The average molecular weight is 321 g/mol. The lowest BCUT2D eigenvalue weighted by atomic mass is 10.2. The third-order valence-electron chi connectivity index (χ3n) is 3.68. The van der Waals surface area contributed by atoms with Gasteiger partial charge in [0.25, 0.3) is 5.91 Å². The summed E-state index contributed by atoms with van der Waals surface area (Å²) in [6.07, 6.45) is 1.01. The van der Waals surface area contributed by atoms with Gasteiger partial charge in [-0.25, -0.2) is 4.98 Å². The first-order chi connectivity index (χ1) is 10.3. The number of thiazole rings is 1. The maximum atomic E-state index is 12.3. The maximum absolute atomic E-state index is 12.3. The Morgan fingerprint density at radius 2 is 2.10 bits per heavy atom. The van der Waals surface area contributed by atoms with Crippen LogP contribution in [0.1, 0.15) is 27.3 Å². The van der Waals surface area contributed by atoms with Crippen LogP contribution in [0.4, 0.5) is 0 Å². The topological polar surface area (TPSA) is 36.4 Å². The van der Waals surface area contributed by atoms with Crippen molar-refractivity contribution in [3.63, 3.8) is 0 Å². The summed E-state index contributed by atoms with van der Waals surface area (Å²) in [4.78, 5) is 22.1. The van der Waals surface area contributed by atoms with E-state index in [9.17, 15) is 4.79 Å². The first-order valence-electron chi connectivity index (χ1n) is 7.24. The Hall–Kier alpha value is -1.24. The highest BCUT2D eigenvalue weighted by atomic mass is 32.1. The molecule has 0 atom stereocenters. The van der Waals surface area contributed by atoms with Crippen LogP contribution < -0.4 is 0 Å². The van der Waals surface area contributed by atoms with E-state index in [0.29, 0.717) is 0 Å². The molecule has 1 saturated heterocycles. The highest BCUT2D eigenvalue weighted by Crippen LogP contribution is 2.16. The molecule has 1 aliphatic heterocycles. The molecule has 0 aromatic carbocycles. The van der Waals surface area contributed by atoms with E-state index in [1.807, 2.05) is 22.4 Å². The van der Waals surface area contributed by atoms with Crippen LogP contribution in [0, 0.1) is 0 Å². The molecule has 2 aromatic heterocycles. The van der Waals surface area contributed by atoms with Gasteiger partial charge < -0.3 is 4.90 Å². The summed E-state index contributed by atoms with van der Waals surface area (Å²) in [6, 6.07) is 3.84. The molecular weight excluding hydrogens is 302 g/mol. The number of rotatable bonds is 4. The van der Waals surface area contributed by atoms with Crippen LogP contribution >= 0.6 is 22.7 Å². The van der Waals surface area contributed by atoms with Crippen LogP contribution in [0.2, 0.25) is 0 Å². The van der Waals surface area contributed by atoms with E-state index in [2.05, 4.69) is 22.2 Å². The SMILES string of the molecule is CCc1nc(CN2CCN(C(=O)c3cccs3)CC2)cs1. The zero-order chi connectivity index (χ0) is 14.7. The lowest BCUT2D eigenvalue weighted by Crippen LogP contribution is -2.48. The molecule has 21 heavy (non-hydrogen) atoms. The van der Waals surface area contributed by atoms with Gasteiger partial charge in [0, 0.05) is 38.1 Å². The number of piperazine rings is 1. The maximum Gasteiger partial charge on any atom is 0.264 e. The molecule has 0 spiro atoms. The monoisotopic (exact) mass is 321 g/mol. The fourth-order valence-corrected chi connectivity index (χ4v) is 3.90. The summed E-state index contributed by atoms with van der Waals surface area (Å²) in [5.74, 6) is 0.173. The van der Waals surface area contributed by atoms with Gasteiger partial charge in [0.1, 0.15) is 0 Å². The van der Waals surface area contributed by atoms with Gasteiger partial charge in [-0.3, -0.25) is 9.69 Å². The molecule has 1 amide bonds. The molecular formula is C15H19N3OS2. The second kappa shape index (κ2) is 6.68. The molecule has 1 fully saturated rings. The van der Waals surface area contributed by atoms with E-state index >= 15 is 0 Å². The van der Waals surface area contributed by atoms with Crippen LogP contribution in [0.5, 0.6) is 0 Å². The Balaban J connectivity index is 1.52. The van der Waals surface area contributed by atoms with E-state index in [4.69, 9.17) is 0 Å². The van der Waals surface area contributed by atoms with Crippen molar-refractivity contribution in [3.05, 3.63) is 38.5 Å². The number of thiophene rings is 1. The van der Waals surface area contributed by atoms with Gasteiger partial charge in [-0.15, -0.1) is 22.7 Å². The molecule has 0 N–H and O–H groups in total. The highest BCUT2D eigenvalue weighted by molar-refractivity contribution is 7.12. The lowest BCUT2D eigenvalue weighted by molar-refractivity contribution is 0.0632. The summed E-state index contributed by atoms with van der Waals surface area (Å²) in [5, 5.41) is 5.32. The number of amides is 1. The van der Waals surface area contributed by atoms with E-state index in [0.717, 1.165) is 49.7 Å². The van der Waals surface area contributed by atoms with Gasteiger partial charge in [0.2, 0.25) is 0 Å². The number of aromatic nitrogens is 1. The molecule has 0 saturated carbocycles. The van der Waals surface area contributed by atoms with Crippen LogP contribution in [-0.4, -0.2) is 46.9 Å². The number of aryl methyl sites for hydroxylation is 1. The first kappa shape index (κ1) is 14.7. The Morgan fingerprint density at radius 3 is 2.71 bits per heavy atom. The molecule has 3 heterocycles. The number of carbonyl (C=O) groups is 1. The van der Waals surface area contributed by atoms with Crippen molar-refractivity contribution in [2.75, 3.05) is 26.2 Å². The van der Waals surface area contributed by atoms with Crippen LogP contribution in [0.3, 0.4) is 0 Å². The molecule has 0 radical (unpaired) electrons. The Kier molecular flexibility index (Phi) is 4.67. The highest BCUT2D eigenvalue weighted by Gasteiger charge is 2.22. The summed E-state index contributed by atoms with van der Waals surface area (Å²) < 4.78 is 0. The summed E-state index contributed by atoms with van der Waals surface area (Å²) in [6.45, 7) is 6.50. The van der Waals surface area contributed by atoms with Gasteiger partial charge in [0.15, 0.2) is 0 Å². The van der Waals surface area contributed by atoms with Gasteiger partial charge in [-0.2, -0.15) is 0 Å². The smallest absolute Gasteiger partial charge is 0.264 e. The van der Waals surface area contributed by atoms with Crippen molar-refractivity contribution in [2.24, 2.45) is 0 Å². The van der Waals surface area contributed by atoms with E-state index < -0.39 is 0 Å². The fourth-order valence-electron chi connectivity index (χ4n) is 2.48. The summed E-state index contributed by atoms with van der Waals surface area (Å²) >= 11 is 3.26. The van der Waals surface area contributed by atoms with Gasteiger partial charge in [-0.05, 0) is 17.9 Å². The quantitative estimate of drug-likeness (QED) is 0.869. The average Bonchev–Trinajstić information content (AvgIpc) is 3.19. The third kappa shape index (κ3) is 3.51. The fraction of sp³-hybridized carbons (Fsp3) is 0.467. The van der Waals surface area contributed by atoms with E-state index in [-0.39, 0.29) is 5.91 Å². The number of nitrogens with zero attached hydrogens (tertiary/aromatic N) is 3. The van der Waals surface area contributed by atoms with E-state index in [1.54, 1.807) is 11.3 Å². The molecule has 0 bridgehead atoms. The van der Waals surface area contributed by atoms with Crippen LogP contribution in [0.15, 0.2) is 22.9 Å². The van der Waals surface area contributed by atoms with Crippen LogP contribution in [-0.2, 0) is 13.0 Å². The Bertz CT molecular complexity index is 586. The van der Waals surface area contributed by atoms with Gasteiger partial charge in [0.05, 0.1) is 15.6 Å². The minimum atomic E-state index is 0.173. The number of hydrogen-bond acceptors (Lipinski definition) is 5. The van der Waals surface area contributed by atoms with Crippen molar-refractivity contribution in [2.45, 2.75) is 19.9 Å². The predicted molar refractivity (Wildman–Crippen MR) is 87.0 cm³/mol. The number of carbonyl (C=O) groups excluding carboxylic acids is 1. The van der Waals surface area contributed by atoms with Crippen LogP contribution in [0.25, 0.3) is 0 Å². The summed E-state index contributed by atoms with van der Waals surface area (Å²) in [7, 11) is 0. The second-order valence-corrected chi connectivity index (χ2v) is 7.02. The van der Waals surface area contributed by atoms with Gasteiger partial charge >= 0.3 is 0 Å². The van der Waals surface area contributed by atoms with Crippen molar-refractivity contribution in [1.29, 1.82) is 0 Å². The van der Waals surface area contributed by atoms with E-state index in [1.165, 1.54) is 16.3 Å². The lowest BCUT2D eigenvalue weighted by Gasteiger charge is -2.34. The minimum absolute atomic E-state index is 0.173. The molecule has 0 unspecified atom stereocenters. The molecule has 0 aliphatic carbocycles. The van der Waals surface area contributed by atoms with Crippen molar-refractivity contribution >= 4 is 28.6 Å². The largest absolute Gasteiger partial charge is 0.335 e. The number of hydrogen-bond donors (Lipinski definition) is 0. The summed E-state index contributed by atoms with van der Waals surface area (Å²) in [5.41, 5.74) is 1.16. The predicted octanol–water partition coefficient (Wildman–Crippen LogP) is 2.73. The van der Waals surface area contributed by atoms with Gasteiger partial charge in [-0.1, -0.05) is 13.0 Å². The Morgan fingerprint density at radius 1 is 1.29 bits per heavy atom. The molecule has 3 rings (SSSR count). The minimum Gasteiger partial charge on any atom is -0.335 e. The molecule has 4 nitrogen and oxygen atoms in total. The van der Waals surface area contributed by atoms with Crippen molar-refractivity contribution in [1.82, 2.24) is 14.8 Å². The molecule has 112 valence electrons. The standard InChI is InChI=1S/C15H19N3OS2/c1-2-14-16-12(11-21-14)10-17-5-7-18(8-6-17)15(19)13-4-3-9-20-13/h3-4,9,11H,2,5-8,10H2,1H3. The normalized spacial score (nSPS) is 16.3. The van der Waals surface area contributed by atoms with Crippen molar-refractivity contribution in [3.8, 4) is 0 Å². The van der Waals surface area contributed by atoms with Crippen molar-refractivity contribution < 1.29 is 4.79 Å². The third-order valence-corrected chi connectivity index (χ3v) is 5.58. The second-order valence-electron chi connectivity index (χ2n) is 5.13.